The highest BCUT2D eigenvalue weighted by Crippen LogP contribution is 2.41. The van der Waals surface area contributed by atoms with Gasteiger partial charge in [0.05, 0.1) is 18.2 Å². The van der Waals surface area contributed by atoms with Crippen LogP contribution in [0.25, 0.3) is 5.76 Å². The first kappa shape index (κ1) is 20.6. The summed E-state index contributed by atoms with van der Waals surface area (Å²) in [5.74, 6) is -1.28. The van der Waals surface area contributed by atoms with E-state index >= 15 is 0 Å². The summed E-state index contributed by atoms with van der Waals surface area (Å²) in [6, 6.07) is 14.0. The Hall–Kier alpha value is -3.71. The predicted molar refractivity (Wildman–Crippen MR) is 116 cm³/mol. The zero-order valence-electron chi connectivity index (χ0n) is 16.5. The van der Waals surface area contributed by atoms with Crippen LogP contribution in [-0.2, 0) is 9.59 Å². The summed E-state index contributed by atoms with van der Waals surface area (Å²) in [5, 5.41) is 11.5. The van der Waals surface area contributed by atoms with Crippen molar-refractivity contribution in [1.82, 2.24) is 9.97 Å². The van der Waals surface area contributed by atoms with Crippen LogP contribution >= 0.6 is 11.6 Å². The molecule has 1 aromatic heterocycles. The lowest BCUT2D eigenvalue weighted by Crippen LogP contribution is -2.31. The number of halogens is 1. The SMILES string of the molecule is CCOc1ccc(C(O)=C2C(=O)C(=O)N(c3ncccn3)[C@@H]2c2cccc(Cl)c2)cc1. The van der Waals surface area contributed by atoms with Crippen molar-refractivity contribution in [3.63, 3.8) is 0 Å². The number of amides is 1. The summed E-state index contributed by atoms with van der Waals surface area (Å²) in [6.07, 6.45) is 2.95. The first-order valence-corrected chi connectivity index (χ1v) is 9.95. The first-order valence-electron chi connectivity index (χ1n) is 9.58. The smallest absolute Gasteiger partial charge is 0.302 e. The Labute approximate surface area is 183 Å². The molecule has 0 unspecified atom stereocenters. The molecule has 1 atom stereocenters. The number of hydrogen-bond acceptors (Lipinski definition) is 6. The quantitative estimate of drug-likeness (QED) is 0.367. The Morgan fingerprint density at radius 3 is 2.45 bits per heavy atom. The summed E-state index contributed by atoms with van der Waals surface area (Å²) in [6.45, 7) is 2.37. The van der Waals surface area contributed by atoms with E-state index in [0.717, 1.165) is 0 Å². The molecule has 156 valence electrons. The van der Waals surface area contributed by atoms with E-state index in [2.05, 4.69) is 9.97 Å². The van der Waals surface area contributed by atoms with Gasteiger partial charge in [0.15, 0.2) is 0 Å². The molecule has 8 heteroatoms. The van der Waals surface area contributed by atoms with Gasteiger partial charge in [-0.2, -0.15) is 0 Å². The molecule has 1 aliphatic heterocycles. The molecule has 0 spiro atoms. The van der Waals surface area contributed by atoms with Crippen molar-refractivity contribution in [2.75, 3.05) is 11.5 Å². The molecule has 1 amide bonds. The van der Waals surface area contributed by atoms with Gasteiger partial charge in [0.1, 0.15) is 11.5 Å². The molecule has 0 aliphatic carbocycles. The lowest BCUT2D eigenvalue weighted by molar-refractivity contribution is -0.132. The maximum absolute atomic E-state index is 13.0. The number of anilines is 1. The molecule has 3 aromatic rings. The maximum atomic E-state index is 13.0. The van der Waals surface area contributed by atoms with E-state index in [1.807, 2.05) is 6.92 Å². The Kier molecular flexibility index (Phi) is 5.68. The third-order valence-corrected chi connectivity index (χ3v) is 5.05. The molecular formula is C23H18ClN3O4. The lowest BCUT2D eigenvalue weighted by atomic mass is 9.95. The standard InChI is InChI=1S/C23H18ClN3O4/c1-2-31-17-9-7-14(8-10-17)20(28)18-19(15-5-3-6-16(24)13-15)27(22(30)21(18)29)23-25-11-4-12-26-23/h3-13,19,28H,2H2,1H3/t19-/m1/s1. The number of aliphatic hydroxyl groups excluding tert-OH is 1. The minimum atomic E-state index is -0.937. The number of aliphatic hydroxyl groups is 1. The molecule has 1 saturated heterocycles. The normalized spacial score (nSPS) is 17.7. The van der Waals surface area contributed by atoms with Crippen LogP contribution < -0.4 is 9.64 Å². The number of ether oxygens (including phenoxy) is 1. The van der Waals surface area contributed by atoms with Crippen molar-refractivity contribution in [3.05, 3.63) is 88.7 Å². The monoisotopic (exact) mass is 435 g/mol. The molecule has 0 bridgehead atoms. The van der Waals surface area contributed by atoms with Crippen molar-refractivity contribution in [2.24, 2.45) is 0 Å². The second-order valence-corrected chi connectivity index (χ2v) is 7.17. The van der Waals surface area contributed by atoms with Gasteiger partial charge in [0, 0.05) is 23.0 Å². The predicted octanol–water partition coefficient (Wildman–Crippen LogP) is 4.16. The van der Waals surface area contributed by atoms with Gasteiger partial charge in [-0.1, -0.05) is 23.7 Å². The fraction of sp³-hybridized carbons (Fsp3) is 0.130. The molecule has 0 radical (unpaired) electrons. The fourth-order valence-corrected chi connectivity index (χ4v) is 3.68. The number of rotatable bonds is 5. The third kappa shape index (κ3) is 3.87. The first-order chi connectivity index (χ1) is 15.0. The Morgan fingerprint density at radius 2 is 1.81 bits per heavy atom. The molecule has 2 aromatic carbocycles. The average molecular weight is 436 g/mol. The summed E-state index contributed by atoms with van der Waals surface area (Å²) in [5.41, 5.74) is 0.859. The Morgan fingerprint density at radius 1 is 1.10 bits per heavy atom. The number of aromatic nitrogens is 2. The van der Waals surface area contributed by atoms with Crippen LogP contribution in [0.2, 0.25) is 5.02 Å². The second kappa shape index (κ2) is 8.57. The van der Waals surface area contributed by atoms with Crippen LogP contribution in [-0.4, -0.2) is 33.4 Å². The van der Waals surface area contributed by atoms with Gasteiger partial charge in [-0.25, -0.2) is 9.97 Å². The van der Waals surface area contributed by atoms with Gasteiger partial charge >= 0.3 is 5.91 Å². The number of benzene rings is 2. The van der Waals surface area contributed by atoms with E-state index in [9.17, 15) is 14.7 Å². The topological polar surface area (TPSA) is 92.6 Å². The average Bonchev–Trinajstić information content (AvgIpc) is 3.05. The van der Waals surface area contributed by atoms with Gasteiger partial charge in [0.25, 0.3) is 5.78 Å². The fourth-order valence-electron chi connectivity index (χ4n) is 3.48. The van der Waals surface area contributed by atoms with Gasteiger partial charge in [-0.05, 0) is 55.0 Å². The van der Waals surface area contributed by atoms with Gasteiger partial charge in [-0.15, -0.1) is 0 Å². The van der Waals surface area contributed by atoms with Crippen LogP contribution in [0.15, 0.2) is 72.6 Å². The molecule has 1 fully saturated rings. The molecular weight excluding hydrogens is 418 g/mol. The van der Waals surface area contributed by atoms with Crippen molar-refractivity contribution >= 4 is 35.0 Å². The Bertz CT molecular complexity index is 1160. The molecule has 1 N–H and O–H groups in total. The van der Waals surface area contributed by atoms with Crippen molar-refractivity contribution in [2.45, 2.75) is 13.0 Å². The summed E-state index contributed by atoms with van der Waals surface area (Å²) in [4.78, 5) is 35.4. The van der Waals surface area contributed by atoms with Crippen molar-refractivity contribution < 1.29 is 19.4 Å². The lowest BCUT2D eigenvalue weighted by Gasteiger charge is -2.23. The highest BCUT2D eigenvalue weighted by Gasteiger charge is 2.48. The summed E-state index contributed by atoms with van der Waals surface area (Å²) >= 11 is 6.17. The highest BCUT2D eigenvalue weighted by molar-refractivity contribution is 6.51. The third-order valence-electron chi connectivity index (χ3n) is 4.82. The van der Waals surface area contributed by atoms with Gasteiger partial charge in [-0.3, -0.25) is 14.5 Å². The van der Waals surface area contributed by atoms with Gasteiger partial charge in [0.2, 0.25) is 5.95 Å². The number of carbonyl (C=O) groups excluding carboxylic acids is 2. The summed E-state index contributed by atoms with van der Waals surface area (Å²) in [7, 11) is 0. The zero-order chi connectivity index (χ0) is 22.0. The molecule has 31 heavy (non-hydrogen) atoms. The molecule has 2 heterocycles. The largest absolute Gasteiger partial charge is 0.507 e. The number of carbonyl (C=O) groups is 2. The number of hydrogen-bond donors (Lipinski definition) is 1. The molecule has 1 aliphatic rings. The number of Topliss-reactive ketones (excluding diaryl/α,β-unsaturated/α-hetero) is 1. The van der Waals surface area contributed by atoms with E-state index in [4.69, 9.17) is 16.3 Å². The summed E-state index contributed by atoms with van der Waals surface area (Å²) < 4.78 is 5.42. The van der Waals surface area contributed by atoms with E-state index in [0.29, 0.717) is 28.5 Å². The van der Waals surface area contributed by atoms with Crippen LogP contribution in [0.3, 0.4) is 0 Å². The second-order valence-electron chi connectivity index (χ2n) is 6.73. The molecule has 0 saturated carbocycles. The van der Waals surface area contributed by atoms with Crippen LogP contribution in [0.5, 0.6) is 5.75 Å². The van der Waals surface area contributed by atoms with Crippen LogP contribution in [0.4, 0.5) is 5.95 Å². The highest BCUT2D eigenvalue weighted by atomic mass is 35.5. The maximum Gasteiger partial charge on any atom is 0.302 e. The number of nitrogens with zero attached hydrogens (tertiary/aromatic N) is 3. The zero-order valence-corrected chi connectivity index (χ0v) is 17.3. The van der Waals surface area contributed by atoms with Crippen LogP contribution in [0, 0.1) is 0 Å². The van der Waals surface area contributed by atoms with E-state index < -0.39 is 17.7 Å². The Balaban J connectivity index is 1.89. The van der Waals surface area contributed by atoms with E-state index in [1.54, 1.807) is 54.6 Å². The minimum Gasteiger partial charge on any atom is -0.507 e. The van der Waals surface area contributed by atoms with Crippen molar-refractivity contribution in [1.29, 1.82) is 0 Å². The van der Waals surface area contributed by atoms with E-state index in [-0.39, 0.29) is 17.3 Å². The molecule has 4 rings (SSSR count). The minimum absolute atomic E-state index is 0.0559. The van der Waals surface area contributed by atoms with Gasteiger partial charge < -0.3 is 9.84 Å². The van der Waals surface area contributed by atoms with Crippen molar-refractivity contribution in [3.8, 4) is 5.75 Å². The number of ketones is 1. The van der Waals surface area contributed by atoms with Crippen LogP contribution in [0.1, 0.15) is 24.1 Å². The van der Waals surface area contributed by atoms with E-state index in [1.165, 1.54) is 17.3 Å². The molecule has 7 nitrogen and oxygen atoms in total.